The number of para-hydroxylation sites is 3. The van der Waals surface area contributed by atoms with Gasteiger partial charge in [-0.25, -0.2) is 25.8 Å². The summed E-state index contributed by atoms with van der Waals surface area (Å²) in [4.78, 5) is 52.2. The summed E-state index contributed by atoms with van der Waals surface area (Å²) in [7, 11) is -15.9. The Labute approximate surface area is 592 Å². The molecule has 3 heterocycles. The molecule has 89 heavy (non-hydrogen) atoms. The summed E-state index contributed by atoms with van der Waals surface area (Å²) in [5, 5.41) is 72.6. The fraction of sp³-hybridized carbons (Fsp3) is 0.216. The van der Waals surface area contributed by atoms with Crippen LogP contribution in [0.1, 0.15) is 55.3 Å². The number of nitrogens with two attached hydrogens (primary N) is 3. The Morgan fingerprint density at radius 1 is 0.618 bits per heavy atom. The van der Waals surface area contributed by atoms with Crippen molar-refractivity contribution in [1.29, 1.82) is 0 Å². The Hall–Kier alpha value is -5.75. The first-order chi connectivity index (χ1) is 40.5. The van der Waals surface area contributed by atoms with Crippen molar-refractivity contribution < 1.29 is 187 Å². The fourth-order valence-electron chi connectivity index (χ4n) is 6.61. The van der Waals surface area contributed by atoms with Crippen molar-refractivity contribution in [3.63, 3.8) is 0 Å². The molecular weight excluding hydrogens is 1360 g/mol. The Morgan fingerprint density at radius 2 is 1.11 bits per heavy atom. The van der Waals surface area contributed by atoms with E-state index < -0.39 is 70.4 Å². The van der Waals surface area contributed by atoms with Crippen molar-refractivity contribution in [1.82, 2.24) is 24.9 Å². The van der Waals surface area contributed by atoms with E-state index >= 15 is 0 Å². The largest absolute Gasteiger partial charge is 1.00 e. The van der Waals surface area contributed by atoms with Gasteiger partial charge in [-0.3, -0.25) is 4.99 Å². The zero-order chi connectivity index (χ0) is 62.0. The number of unbranched alkanes of at least 4 members (excludes halogenated alkanes) is 2. The number of nitrogens with zero attached hydrogens (tertiary/aromatic N) is 8. The van der Waals surface area contributed by atoms with Crippen molar-refractivity contribution in [3.8, 4) is 23.1 Å². The van der Waals surface area contributed by atoms with Gasteiger partial charge in [0.25, 0.3) is 0 Å². The van der Waals surface area contributed by atoms with Crippen LogP contribution < -0.4 is 160 Å². The normalized spacial score (nSPS) is 11.8. The molecule has 0 bridgehead atoms. The predicted molar refractivity (Wildman–Crippen MR) is 300 cm³/mol. The number of carbonyl (C=O) groups is 2. The van der Waals surface area contributed by atoms with E-state index in [4.69, 9.17) is 34.0 Å². The van der Waals surface area contributed by atoms with Crippen LogP contribution in [0.4, 0.5) is 17.5 Å². The van der Waals surface area contributed by atoms with Crippen LogP contribution in [0.25, 0.3) is 11.2 Å². The van der Waals surface area contributed by atoms with Gasteiger partial charge < -0.3 is 85.0 Å². The molecule has 7 rings (SSSR count). The first-order valence-electron chi connectivity index (χ1n) is 24.8. The Kier molecular flexibility index (Phi) is 37.3. The van der Waals surface area contributed by atoms with Crippen molar-refractivity contribution in [2.45, 2.75) is 51.1 Å². The third kappa shape index (κ3) is 28.1. The van der Waals surface area contributed by atoms with E-state index in [-0.39, 0.29) is 194 Å². The maximum atomic E-state index is 12.9. The summed E-state index contributed by atoms with van der Waals surface area (Å²) in [6.45, 7) is 0.281. The quantitative estimate of drug-likeness (QED) is 0.00578. The molecule has 0 aliphatic rings. The number of hydrogen-bond acceptors (Lipinski definition) is 30. The van der Waals surface area contributed by atoms with E-state index in [0.29, 0.717) is 48.4 Å². The number of nitrogen functional groups attached to an aromatic ring is 2. The van der Waals surface area contributed by atoms with Crippen molar-refractivity contribution >= 4 is 93.0 Å². The van der Waals surface area contributed by atoms with E-state index in [0.717, 1.165) is 0 Å². The van der Waals surface area contributed by atoms with E-state index in [9.17, 15) is 55.6 Å². The van der Waals surface area contributed by atoms with Crippen LogP contribution in [0, 0.1) is 0 Å². The van der Waals surface area contributed by atoms with E-state index in [1.54, 1.807) is 42.5 Å². The zero-order valence-electron chi connectivity index (χ0n) is 47.7. The average molecular weight is 1410 g/mol. The number of benzene rings is 4. The maximum absolute atomic E-state index is 12.9. The third-order valence-electron chi connectivity index (χ3n) is 10.5. The molecule has 0 amide bonds. The Bertz CT molecular complexity index is 3610. The van der Waals surface area contributed by atoms with Crippen LogP contribution >= 0.6 is 5.53 Å². The molecule has 4 aromatic carbocycles. The van der Waals surface area contributed by atoms with Crippen molar-refractivity contribution in [2.75, 3.05) is 36.1 Å². The number of pyridine rings is 1. The van der Waals surface area contributed by atoms with Crippen LogP contribution in [-0.2, 0) is 65.5 Å². The van der Waals surface area contributed by atoms with Crippen LogP contribution in [0.3, 0.4) is 0 Å². The summed E-state index contributed by atoms with van der Waals surface area (Å²) >= 11 is 0. The minimum Gasteiger partial charge on any atom is -0.862 e. The van der Waals surface area contributed by atoms with Gasteiger partial charge in [0.2, 0.25) is 5.95 Å². The molecule has 0 saturated carbocycles. The first-order valence-corrected chi connectivity index (χ1v) is 32.2. The molecule has 1 radical (unpaired) electrons. The Morgan fingerprint density at radius 3 is 1.58 bits per heavy atom. The number of fused-ring (bicyclic) bond motifs is 1. The number of hydrogen-bond donors (Lipinski definition) is 5. The standard InChI is InChI=1S/C31H38N12O6.C18H15O9PS3.C2H5NO2.3Na.Tc/c32-31-41-26-25(29(47)42-31)39-21(17-38-26)16-36-20-10-7-18(8-11-20)28(46)40-22(30(48)49)5-1-3-13-34-24(44)6-2-4-14-35-27(45)19-9-12-23(43-33)37-15-19;19-29(20,25-16-10-4-1-5-11-16)28(30(21,22)26-17-12-6-2-7-13-17)31(23,24)27-18-14-8-3-9-15-18;3-1-2(4)5;;;;/h7-12,15,17,22,36H,1-6,13-14,16,33H2,(H,34,44)(H,35,45)(H,37,43)(H,40,46)(H,48,49)(H3,32,38,41,42,47);1-15H;1,3H2,(H,4,5);;;;/q;;;3*+1;/p-6/i;;;;;;1+1. The topological polar surface area (TPSA) is 506 Å². The zero-order valence-corrected chi connectivity index (χ0v) is 58.9. The maximum Gasteiger partial charge on any atom is 1.00 e. The van der Waals surface area contributed by atoms with Gasteiger partial charge in [-0.2, -0.15) is 30.2 Å². The second-order valence-corrected chi connectivity index (χ2v) is 29.8. The second kappa shape index (κ2) is 40.9. The molecule has 0 fully saturated rings. The summed E-state index contributed by atoms with van der Waals surface area (Å²) in [5.74, 6) is -0.0870. The van der Waals surface area contributed by atoms with Crippen LogP contribution in [0.5, 0.6) is 23.1 Å². The van der Waals surface area contributed by atoms with Gasteiger partial charge in [-0.15, -0.1) is 0 Å². The number of carboxylic acid groups (broad SMARTS) is 2. The number of aromatic nitrogens is 5. The summed E-state index contributed by atoms with van der Waals surface area (Å²) in [6, 6.07) is 28.6. The van der Waals surface area contributed by atoms with Crippen LogP contribution in [-0.4, -0.2) is 105 Å². The number of rotatable bonds is 28. The first kappa shape index (κ1) is 81.3. The number of anilines is 3. The van der Waals surface area contributed by atoms with Gasteiger partial charge in [0.15, 0.2) is 5.65 Å². The summed E-state index contributed by atoms with van der Waals surface area (Å²) in [5.41, 5.74) is 9.90. The number of carboxylic acids is 2. The van der Waals surface area contributed by atoms with Gasteiger partial charge in [0.1, 0.15) is 28.6 Å². The molecule has 0 spiro atoms. The molecule has 1 atom stereocenters. The summed E-state index contributed by atoms with van der Waals surface area (Å²) in [6.07, 6.45) is 4.88. The minimum absolute atomic E-state index is 0. The number of hydrazine groups is 1. The molecule has 0 saturated heterocycles. The van der Waals surface area contributed by atoms with E-state index in [1.807, 2.05) is 0 Å². The molecule has 0 aliphatic carbocycles. The predicted octanol–water partition coefficient (Wildman–Crippen LogP) is -10.4. The van der Waals surface area contributed by atoms with Gasteiger partial charge in [0, 0.05) is 63.1 Å². The smallest absolute Gasteiger partial charge is 0.862 e. The van der Waals surface area contributed by atoms with E-state index in [1.165, 1.54) is 97.3 Å². The van der Waals surface area contributed by atoms with Gasteiger partial charge in [-0.05, 0) is 122 Å². The molecule has 30 nitrogen and oxygen atoms in total. The van der Waals surface area contributed by atoms with Gasteiger partial charge in [-0.1, -0.05) is 66.7 Å². The van der Waals surface area contributed by atoms with Gasteiger partial charge in [0.05, 0.1) is 36.4 Å². The average Bonchev–Trinajstić information content (AvgIpc) is 0.928. The number of aliphatic carboxylic acids is 2. The van der Waals surface area contributed by atoms with Crippen molar-refractivity contribution in [3.05, 3.63) is 157 Å². The van der Waals surface area contributed by atoms with Gasteiger partial charge >= 0.3 is 123 Å². The molecule has 38 heteroatoms. The minimum atomic E-state index is -5.29. The number of carbonyl (C=O) groups excluding carboxylic acids is 2. The molecule has 1 unspecified atom stereocenters. The molecule has 459 valence electrons. The summed E-state index contributed by atoms with van der Waals surface area (Å²) < 4.78 is 91.6. The van der Waals surface area contributed by atoms with Crippen LogP contribution in [0.15, 0.2) is 155 Å². The molecule has 0 aliphatic heterocycles. The number of aliphatic imine (C=N–C) groups is 3. The number of nitrogens with one attached hydrogen (secondary N) is 2. The van der Waals surface area contributed by atoms with Crippen molar-refractivity contribution in [2.24, 2.45) is 26.6 Å². The Balaban J connectivity index is 0.000000853. The third-order valence-corrected chi connectivity index (χ3v) is 26.6. The molecule has 3 aromatic heterocycles. The van der Waals surface area contributed by atoms with E-state index in [2.05, 4.69) is 56.4 Å². The molecular formula is C51H52N13Na3O17PS3Tc-3. The molecule has 7 aromatic rings. The molecule has 8 N–H and O–H groups in total. The fourth-order valence-corrected chi connectivity index (χ4v) is 19.5. The monoisotopic (exact) mass is 1410 g/mol. The van der Waals surface area contributed by atoms with Crippen LogP contribution in [0.2, 0.25) is 0 Å². The SMILES string of the molecule is NCC(=O)[O-].NNc1ccc(C([O-])=NCCCCC([O-])=NCCCCC(N=C([O-])c2ccc(NCc3cnc4nc(N)nc([O-])c4n3)cc2)C(=O)[O-])cn1.O=S(=O)(Oc1ccccc1)P(S(=O)(=O)Oc1ccccc1)S(=O)(=O)Oc1ccccc1.[99Tc].[Na+].[Na+].[Na+]. The second-order valence-electron chi connectivity index (χ2n) is 16.9.